The van der Waals surface area contributed by atoms with E-state index in [9.17, 15) is 27.9 Å². The smallest absolute Gasteiger partial charge is 0.408 e. The summed E-state index contributed by atoms with van der Waals surface area (Å²) in [5, 5.41) is 20.2. The third-order valence-corrected chi connectivity index (χ3v) is 9.35. The van der Waals surface area contributed by atoms with Gasteiger partial charge in [0.25, 0.3) is 11.8 Å². The number of alkyl halides is 3. The first kappa shape index (κ1) is 29.2. The predicted octanol–water partition coefficient (Wildman–Crippen LogP) is 6.59. The van der Waals surface area contributed by atoms with Gasteiger partial charge in [0.05, 0.1) is 16.0 Å². The number of nitrogens with zero attached hydrogens (tertiary/aromatic N) is 3. The van der Waals surface area contributed by atoms with Crippen LogP contribution in [0.15, 0.2) is 22.6 Å². The van der Waals surface area contributed by atoms with Crippen molar-refractivity contribution < 1.29 is 32.3 Å². The Hall–Kier alpha value is -3.28. The highest BCUT2D eigenvalue weighted by molar-refractivity contribution is 7.18. The minimum absolute atomic E-state index is 0.0535. The maximum atomic E-state index is 13.2. The van der Waals surface area contributed by atoms with Crippen molar-refractivity contribution in [2.24, 2.45) is 11.3 Å². The molecule has 220 valence electrons. The summed E-state index contributed by atoms with van der Waals surface area (Å²) in [4.78, 5) is 30.2. The number of carboxylic acids is 1. The molecule has 2 heterocycles. The molecule has 12 heteroatoms. The first-order chi connectivity index (χ1) is 19.1. The number of aliphatic carboxylic acids is 1. The Morgan fingerprint density at radius 1 is 1.20 bits per heavy atom. The van der Waals surface area contributed by atoms with E-state index in [0.717, 1.165) is 55.2 Å². The minimum Gasteiger partial charge on any atom is -0.481 e. The van der Waals surface area contributed by atoms with Crippen LogP contribution in [0.3, 0.4) is 0 Å². The summed E-state index contributed by atoms with van der Waals surface area (Å²) in [5.74, 6) is -0.932. The van der Waals surface area contributed by atoms with Crippen LogP contribution in [0.4, 0.5) is 13.2 Å². The fraction of sp³-hybridized carbons (Fsp3) is 0.552. The average Bonchev–Trinajstić information content (AvgIpc) is 3.26. The molecule has 1 aromatic carbocycles. The van der Waals surface area contributed by atoms with Gasteiger partial charge in [0.1, 0.15) is 6.04 Å². The van der Waals surface area contributed by atoms with Crippen molar-refractivity contribution in [2.75, 3.05) is 0 Å². The molecule has 3 aromatic rings. The number of amides is 1. The Bertz CT molecular complexity index is 1470. The van der Waals surface area contributed by atoms with Gasteiger partial charge in [-0.1, -0.05) is 26.2 Å². The second kappa shape index (κ2) is 10.5. The number of carbonyl (C=O) groups is 2. The lowest BCUT2D eigenvalue weighted by atomic mass is 9.81. The van der Waals surface area contributed by atoms with E-state index in [2.05, 4.69) is 22.4 Å². The van der Waals surface area contributed by atoms with Crippen molar-refractivity contribution in [2.45, 2.75) is 90.3 Å². The number of nitrogens with one attached hydrogen (secondary N) is 1. The van der Waals surface area contributed by atoms with Gasteiger partial charge >= 0.3 is 12.1 Å². The molecule has 2 saturated carbocycles. The van der Waals surface area contributed by atoms with Crippen molar-refractivity contribution in [1.82, 2.24) is 20.5 Å². The highest BCUT2D eigenvalue weighted by atomic mass is 32.1. The standard InChI is InChI=1S/C29H33F3N4O4S/c1-15(29(30,31)32)33-23(37)18-11-17(12-19(13-18)28(4)8-9-28)22-20(10-16-6-5-7-16)34-25(41-22)24-36-35-21(40-24)14-27(2,3)26(38)39/h11-13,15-16H,5-10,14H2,1-4H3,(H,33,37)(H,38,39)/t15-/m0/s1. The number of rotatable bonds is 10. The SMILES string of the molecule is C[C@H](NC(=O)c1cc(-c2sc(-c3nnc(CC(C)(C)C(=O)O)o3)nc2CC2CCC2)cc(C2(C)CC2)c1)C(F)(F)F. The van der Waals surface area contributed by atoms with Gasteiger partial charge in [-0.3, -0.25) is 9.59 Å². The number of aromatic nitrogens is 3. The van der Waals surface area contributed by atoms with E-state index in [0.29, 0.717) is 22.9 Å². The molecule has 2 N–H and O–H groups in total. The Kier molecular flexibility index (Phi) is 7.50. The lowest BCUT2D eigenvalue weighted by molar-refractivity contribution is -0.149. The lowest BCUT2D eigenvalue weighted by Gasteiger charge is -2.25. The number of hydrogen-bond acceptors (Lipinski definition) is 7. The highest BCUT2D eigenvalue weighted by Gasteiger charge is 2.41. The van der Waals surface area contributed by atoms with Crippen molar-refractivity contribution in [3.8, 4) is 21.3 Å². The normalized spacial score (nSPS) is 17.6. The molecular formula is C29H33F3N4O4S. The number of carbonyl (C=O) groups excluding carboxylic acids is 1. The van der Waals surface area contributed by atoms with Crippen LogP contribution in [0.1, 0.15) is 87.3 Å². The van der Waals surface area contributed by atoms with Crippen LogP contribution < -0.4 is 5.32 Å². The van der Waals surface area contributed by atoms with Crippen LogP contribution in [0.25, 0.3) is 21.3 Å². The van der Waals surface area contributed by atoms with Crippen molar-refractivity contribution in [3.05, 3.63) is 40.9 Å². The van der Waals surface area contributed by atoms with Gasteiger partial charge in [-0.15, -0.1) is 21.5 Å². The lowest BCUT2D eigenvalue weighted by Crippen LogP contribution is -2.43. The largest absolute Gasteiger partial charge is 0.481 e. The van der Waals surface area contributed by atoms with E-state index in [1.165, 1.54) is 11.3 Å². The van der Waals surface area contributed by atoms with Gasteiger partial charge in [-0.25, -0.2) is 4.98 Å². The van der Waals surface area contributed by atoms with E-state index < -0.39 is 29.5 Å². The van der Waals surface area contributed by atoms with Crippen LogP contribution in [0, 0.1) is 11.3 Å². The van der Waals surface area contributed by atoms with Crippen LogP contribution in [0.5, 0.6) is 0 Å². The molecule has 0 bridgehead atoms. The van der Waals surface area contributed by atoms with Crippen LogP contribution in [-0.4, -0.2) is 44.4 Å². The Morgan fingerprint density at radius 2 is 1.90 bits per heavy atom. The summed E-state index contributed by atoms with van der Waals surface area (Å²) >= 11 is 1.32. The number of halogens is 3. The van der Waals surface area contributed by atoms with E-state index in [1.807, 2.05) is 6.07 Å². The second-order valence-electron chi connectivity index (χ2n) is 12.3. The molecule has 0 spiro atoms. The topological polar surface area (TPSA) is 118 Å². The van der Waals surface area contributed by atoms with Gasteiger partial charge in [-0.2, -0.15) is 13.2 Å². The van der Waals surface area contributed by atoms with Crippen LogP contribution >= 0.6 is 11.3 Å². The summed E-state index contributed by atoms with van der Waals surface area (Å²) in [6.45, 7) is 6.16. The molecule has 2 aromatic heterocycles. The zero-order valence-corrected chi connectivity index (χ0v) is 24.2. The molecule has 2 aliphatic rings. The average molecular weight is 591 g/mol. The summed E-state index contributed by atoms with van der Waals surface area (Å²) in [6, 6.07) is 3.34. The quantitative estimate of drug-likeness (QED) is 0.274. The Labute approximate surface area is 239 Å². The summed E-state index contributed by atoms with van der Waals surface area (Å²) in [5.41, 5.74) is 1.37. The van der Waals surface area contributed by atoms with Gasteiger partial charge < -0.3 is 14.8 Å². The van der Waals surface area contributed by atoms with E-state index in [-0.39, 0.29) is 29.2 Å². The molecule has 1 amide bonds. The van der Waals surface area contributed by atoms with Crippen LogP contribution in [0.2, 0.25) is 0 Å². The highest BCUT2D eigenvalue weighted by Crippen LogP contribution is 2.49. The predicted molar refractivity (Wildman–Crippen MR) is 147 cm³/mol. The number of hydrogen-bond donors (Lipinski definition) is 2. The van der Waals surface area contributed by atoms with Gasteiger partial charge in [0, 0.05) is 12.0 Å². The van der Waals surface area contributed by atoms with Crippen LogP contribution in [-0.2, 0) is 23.1 Å². The molecule has 8 nitrogen and oxygen atoms in total. The van der Waals surface area contributed by atoms with Crippen molar-refractivity contribution >= 4 is 23.2 Å². The van der Waals surface area contributed by atoms with Gasteiger partial charge in [0.15, 0.2) is 5.01 Å². The summed E-state index contributed by atoms with van der Waals surface area (Å²) in [6.07, 6.45) is 1.39. The molecule has 0 unspecified atom stereocenters. The fourth-order valence-electron chi connectivity index (χ4n) is 4.72. The maximum Gasteiger partial charge on any atom is 0.408 e. The fourth-order valence-corrected chi connectivity index (χ4v) is 5.72. The molecule has 41 heavy (non-hydrogen) atoms. The van der Waals surface area contributed by atoms with E-state index >= 15 is 0 Å². The third kappa shape index (κ3) is 6.32. The zero-order chi connectivity index (χ0) is 29.7. The first-order valence-electron chi connectivity index (χ1n) is 13.7. The second-order valence-corrected chi connectivity index (χ2v) is 13.3. The molecule has 5 rings (SSSR count). The minimum atomic E-state index is -4.55. The number of carboxylic acid groups (broad SMARTS) is 1. The van der Waals surface area contributed by atoms with E-state index in [4.69, 9.17) is 9.40 Å². The Balaban J connectivity index is 1.53. The molecule has 0 aliphatic heterocycles. The van der Waals surface area contributed by atoms with E-state index in [1.54, 1.807) is 26.0 Å². The van der Waals surface area contributed by atoms with Crippen molar-refractivity contribution in [3.63, 3.8) is 0 Å². The maximum absolute atomic E-state index is 13.2. The molecule has 0 saturated heterocycles. The molecule has 2 aliphatic carbocycles. The number of thiazole rings is 1. The Morgan fingerprint density at radius 3 is 2.49 bits per heavy atom. The zero-order valence-electron chi connectivity index (χ0n) is 23.4. The van der Waals surface area contributed by atoms with Gasteiger partial charge in [-0.05, 0) is 80.7 Å². The molecular weight excluding hydrogens is 557 g/mol. The third-order valence-electron chi connectivity index (χ3n) is 8.22. The van der Waals surface area contributed by atoms with Crippen molar-refractivity contribution in [1.29, 1.82) is 0 Å². The van der Waals surface area contributed by atoms with Gasteiger partial charge in [0.2, 0.25) is 5.89 Å². The first-order valence-corrected chi connectivity index (χ1v) is 14.6. The summed E-state index contributed by atoms with van der Waals surface area (Å²) < 4.78 is 45.4. The molecule has 1 atom stereocenters. The monoisotopic (exact) mass is 590 g/mol. The summed E-state index contributed by atoms with van der Waals surface area (Å²) in [7, 11) is 0. The molecule has 2 fully saturated rings. The number of benzene rings is 1. The molecule has 0 radical (unpaired) electrons.